The quantitative estimate of drug-likeness (QED) is 0.169. The van der Waals surface area contributed by atoms with Gasteiger partial charge in [0.05, 0.1) is 34.6 Å². The summed E-state index contributed by atoms with van der Waals surface area (Å²) in [4.78, 5) is 36.0. The smallest absolute Gasteiger partial charge is 0.255 e. The molecule has 9 nitrogen and oxygen atoms in total. The lowest BCUT2D eigenvalue weighted by Gasteiger charge is -2.28. The molecule has 0 spiro atoms. The van der Waals surface area contributed by atoms with Crippen molar-refractivity contribution in [2.75, 3.05) is 13.7 Å². The van der Waals surface area contributed by atoms with Crippen LogP contribution in [0.4, 0.5) is 0 Å². The van der Waals surface area contributed by atoms with Crippen LogP contribution < -0.4 is 20.7 Å². The Morgan fingerprint density at radius 2 is 1.84 bits per heavy atom. The van der Waals surface area contributed by atoms with Crippen LogP contribution in [0.15, 0.2) is 95.4 Å². The van der Waals surface area contributed by atoms with E-state index in [0.717, 1.165) is 38.2 Å². The summed E-state index contributed by atoms with van der Waals surface area (Å²) >= 11 is 5.07. The van der Waals surface area contributed by atoms with Gasteiger partial charge >= 0.3 is 0 Å². The number of thiazole rings is 1. The van der Waals surface area contributed by atoms with Crippen LogP contribution in [0.25, 0.3) is 10.4 Å². The second-order valence-corrected chi connectivity index (χ2v) is 12.6. The lowest BCUT2D eigenvalue weighted by molar-refractivity contribution is -0.122. The molecule has 2 atom stereocenters. The summed E-state index contributed by atoms with van der Waals surface area (Å²) in [6.45, 7) is 1.78. The number of aromatic nitrogens is 3. The fourth-order valence-electron chi connectivity index (χ4n) is 5.49. The number of benzene rings is 3. The molecule has 5 aromatic rings. The highest BCUT2D eigenvalue weighted by Crippen LogP contribution is 2.35. The van der Waals surface area contributed by atoms with E-state index >= 15 is 0 Å². The molecule has 0 saturated heterocycles. The van der Waals surface area contributed by atoms with Crippen molar-refractivity contribution < 1.29 is 14.3 Å². The highest BCUT2D eigenvalue weighted by Gasteiger charge is 2.28. The number of likely N-dealkylation sites (N-methyl/N-ethyl adjacent to an activating group) is 1. The van der Waals surface area contributed by atoms with Crippen molar-refractivity contribution in [2.45, 2.75) is 38.0 Å². The molecule has 11 heteroatoms. The fourth-order valence-corrected chi connectivity index (χ4v) is 6.38. The minimum atomic E-state index is -0.735. The van der Waals surface area contributed by atoms with Crippen LogP contribution >= 0.6 is 27.3 Å². The molecule has 2 amide bonds. The SMILES string of the molecule is CNC(=O)[C@H](Cc1ccc(Br)cc1)NC(=O)c1cccc2c1OCCC2NCc1cncn1Cc1ccc(-c2cncs2)cc1. The van der Waals surface area contributed by atoms with Gasteiger partial charge in [0.1, 0.15) is 11.8 Å². The molecule has 230 valence electrons. The number of hydrogen-bond acceptors (Lipinski definition) is 7. The number of hydrogen-bond donors (Lipinski definition) is 3. The molecule has 1 unspecified atom stereocenters. The van der Waals surface area contributed by atoms with Gasteiger partial charge in [-0.3, -0.25) is 14.6 Å². The number of imidazole rings is 1. The zero-order valence-corrected chi connectivity index (χ0v) is 27.1. The van der Waals surface area contributed by atoms with Gasteiger partial charge in [-0.25, -0.2) is 4.98 Å². The van der Waals surface area contributed by atoms with E-state index in [1.54, 1.807) is 24.5 Å². The zero-order valence-electron chi connectivity index (χ0n) is 24.7. The van der Waals surface area contributed by atoms with Crippen LogP contribution in [-0.2, 0) is 24.3 Å². The summed E-state index contributed by atoms with van der Waals surface area (Å²) in [6, 6.07) is 21.1. The van der Waals surface area contributed by atoms with E-state index in [2.05, 4.69) is 70.7 Å². The highest BCUT2D eigenvalue weighted by atomic mass is 79.9. The van der Waals surface area contributed by atoms with Crippen molar-refractivity contribution in [1.82, 2.24) is 30.5 Å². The summed E-state index contributed by atoms with van der Waals surface area (Å²) in [5, 5.41) is 9.26. The third-order valence-corrected chi connectivity index (χ3v) is 9.24. The molecular weight excluding hydrogens is 652 g/mol. The number of nitrogens with zero attached hydrogens (tertiary/aromatic N) is 3. The van der Waals surface area contributed by atoms with Crippen molar-refractivity contribution in [1.29, 1.82) is 0 Å². The molecule has 0 fully saturated rings. The number of fused-ring (bicyclic) bond motifs is 1. The second-order valence-electron chi connectivity index (χ2n) is 10.8. The van der Waals surface area contributed by atoms with Gasteiger partial charge in [-0.1, -0.05) is 64.5 Å². The van der Waals surface area contributed by atoms with E-state index in [0.29, 0.717) is 37.4 Å². The van der Waals surface area contributed by atoms with Gasteiger partial charge in [-0.2, -0.15) is 0 Å². The number of carbonyl (C=O) groups is 2. The van der Waals surface area contributed by atoms with Crippen LogP contribution in [0, 0.1) is 0 Å². The van der Waals surface area contributed by atoms with Gasteiger partial charge in [0, 0.05) is 61.5 Å². The summed E-state index contributed by atoms with van der Waals surface area (Å²) in [7, 11) is 1.57. The molecule has 3 aromatic carbocycles. The third kappa shape index (κ3) is 7.33. The minimum absolute atomic E-state index is 0.0129. The molecular formula is C34H33BrN6O3S. The number of amides is 2. The van der Waals surface area contributed by atoms with E-state index < -0.39 is 6.04 Å². The van der Waals surface area contributed by atoms with Crippen LogP contribution in [0.1, 0.15) is 45.2 Å². The summed E-state index contributed by atoms with van der Waals surface area (Å²) in [6.07, 6.45) is 6.74. The number of rotatable bonds is 11. The maximum atomic E-state index is 13.5. The molecule has 3 N–H and O–H groups in total. The molecule has 3 heterocycles. The first-order valence-corrected chi connectivity index (χ1v) is 16.4. The van der Waals surface area contributed by atoms with Crippen molar-refractivity contribution in [3.8, 4) is 16.2 Å². The number of ether oxygens (including phenoxy) is 1. The molecule has 0 aliphatic carbocycles. The van der Waals surface area contributed by atoms with E-state index in [4.69, 9.17) is 4.74 Å². The van der Waals surface area contributed by atoms with Crippen LogP contribution in [0.5, 0.6) is 5.75 Å². The summed E-state index contributed by atoms with van der Waals surface area (Å²) in [5.74, 6) is -0.0610. The molecule has 1 aliphatic heterocycles. The Morgan fingerprint density at radius 3 is 2.60 bits per heavy atom. The lowest BCUT2D eigenvalue weighted by Crippen LogP contribution is -2.47. The van der Waals surface area contributed by atoms with Crippen LogP contribution in [-0.4, -0.2) is 46.0 Å². The molecule has 0 radical (unpaired) electrons. The average molecular weight is 686 g/mol. The Labute approximate surface area is 274 Å². The van der Waals surface area contributed by atoms with Crippen molar-refractivity contribution in [3.63, 3.8) is 0 Å². The molecule has 1 aliphatic rings. The number of nitrogens with one attached hydrogen (secondary N) is 3. The maximum Gasteiger partial charge on any atom is 0.255 e. The number of para-hydroxylation sites is 1. The van der Waals surface area contributed by atoms with E-state index in [1.165, 1.54) is 5.56 Å². The average Bonchev–Trinajstić information content (AvgIpc) is 3.77. The first-order valence-electron chi connectivity index (χ1n) is 14.7. The Bertz CT molecular complexity index is 1760. The second kappa shape index (κ2) is 14.2. The third-order valence-electron chi connectivity index (χ3n) is 7.89. The van der Waals surface area contributed by atoms with E-state index in [-0.39, 0.29) is 17.9 Å². The van der Waals surface area contributed by atoms with Gasteiger partial charge in [0.2, 0.25) is 5.91 Å². The highest BCUT2D eigenvalue weighted by molar-refractivity contribution is 9.10. The number of halogens is 1. The van der Waals surface area contributed by atoms with Crippen molar-refractivity contribution in [2.24, 2.45) is 0 Å². The first kappa shape index (κ1) is 30.7. The van der Waals surface area contributed by atoms with Gasteiger partial charge < -0.3 is 25.3 Å². The van der Waals surface area contributed by atoms with Crippen molar-refractivity contribution >= 4 is 39.1 Å². The van der Waals surface area contributed by atoms with Gasteiger partial charge in [-0.05, 0) is 34.9 Å². The monoisotopic (exact) mass is 684 g/mol. The Kier molecular flexibility index (Phi) is 9.68. The zero-order chi connectivity index (χ0) is 31.2. The predicted molar refractivity (Wildman–Crippen MR) is 178 cm³/mol. The topological polar surface area (TPSA) is 110 Å². The van der Waals surface area contributed by atoms with Gasteiger partial charge in [0.25, 0.3) is 5.91 Å². The summed E-state index contributed by atoms with van der Waals surface area (Å²) < 4.78 is 9.15. The first-order chi connectivity index (χ1) is 22.0. The lowest BCUT2D eigenvalue weighted by atomic mass is 9.96. The van der Waals surface area contributed by atoms with Gasteiger partial charge in [0.15, 0.2) is 0 Å². The standard InChI is InChI=1S/C34H33BrN6O3S/c1-36-34(43)30(15-22-7-11-25(35)12-8-22)40-33(42)28-4-2-3-27-29(13-14-44-32(27)28)39-17-26-16-37-20-41(26)19-23-5-9-24(10-6-23)31-18-38-21-45-31/h2-12,16,18,20-21,29-30,39H,13-15,17,19H2,1H3,(H,36,43)(H,40,42)/t29?,30-/m0/s1. The van der Waals surface area contributed by atoms with E-state index in [9.17, 15) is 9.59 Å². The number of carbonyl (C=O) groups excluding carboxylic acids is 2. The maximum absolute atomic E-state index is 13.5. The van der Waals surface area contributed by atoms with Crippen LogP contribution in [0.2, 0.25) is 0 Å². The predicted octanol–water partition coefficient (Wildman–Crippen LogP) is 5.52. The molecule has 45 heavy (non-hydrogen) atoms. The Hall–Kier alpha value is -4.32. The van der Waals surface area contributed by atoms with Crippen LogP contribution in [0.3, 0.4) is 0 Å². The molecule has 0 saturated carbocycles. The molecule has 0 bridgehead atoms. The normalized spacial score (nSPS) is 14.7. The minimum Gasteiger partial charge on any atom is -0.492 e. The van der Waals surface area contributed by atoms with Gasteiger partial charge in [-0.15, -0.1) is 11.3 Å². The molecule has 2 aromatic heterocycles. The molecule has 6 rings (SSSR count). The fraction of sp³-hybridized carbons (Fsp3) is 0.235. The van der Waals surface area contributed by atoms with Crippen molar-refractivity contribution in [3.05, 3.63) is 123 Å². The summed E-state index contributed by atoms with van der Waals surface area (Å²) in [5.41, 5.74) is 7.52. The van der Waals surface area contributed by atoms with E-state index in [1.807, 2.05) is 60.6 Å². The Balaban J connectivity index is 1.12. The Morgan fingerprint density at radius 1 is 1.04 bits per heavy atom. The largest absolute Gasteiger partial charge is 0.492 e.